The second kappa shape index (κ2) is 7.53. The second-order valence-corrected chi connectivity index (χ2v) is 7.94. The zero-order chi connectivity index (χ0) is 18.6. The molecule has 0 aliphatic heterocycles. The Morgan fingerprint density at radius 3 is 2.42 bits per heavy atom. The lowest BCUT2D eigenvalue weighted by Crippen LogP contribution is -2.18. The van der Waals surface area contributed by atoms with E-state index in [1.54, 1.807) is 29.1 Å². The number of nitrogens with one attached hydrogen (secondary N) is 1. The Morgan fingerprint density at radius 2 is 1.73 bits per heavy atom. The molecule has 3 aromatic rings. The molecular weight excluding hydrogens is 350 g/mol. The van der Waals surface area contributed by atoms with E-state index in [0.29, 0.717) is 18.9 Å². The second-order valence-electron chi connectivity index (χ2n) is 5.96. The Bertz CT molecular complexity index is 1060. The summed E-state index contributed by atoms with van der Waals surface area (Å²) < 4.78 is 25.2. The molecule has 1 aromatic carbocycles. The predicted molar refractivity (Wildman–Crippen MR) is 101 cm³/mol. The number of hydrogen-bond donors (Lipinski definition) is 1. The molecule has 26 heavy (non-hydrogen) atoms. The van der Waals surface area contributed by atoms with Crippen molar-refractivity contribution in [3.05, 3.63) is 88.5 Å². The quantitative estimate of drug-likeness (QED) is 0.721. The Labute approximate surface area is 152 Å². The molecule has 6 nitrogen and oxygen atoms in total. The van der Waals surface area contributed by atoms with Gasteiger partial charge in [0.15, 0.2) is 9.84 Å². The van der Waals surface area contributed by atoms with Gasteiger partial charge in [0, 0.05) is 31.3 Å². The molecule has 1 N–H and O–H groups in total. The molecule has 7 heteroatoms. The number of aromatic nitrogens is 2. The van der Waals surface area contributed by atoms with Crippen molar-refractivity contribution in [2.45, 2.75) is 18.0 Å². The van der Waals surface area contributed by atoms with Crippen molar-refractivity contribution in [2.24, 2.45) is 0 Å². The molecule has 0 amide bonds. The maximum atomic E-state index is 11.8. The molecular formula is C19H19N3O3S. The summed E-state index contributed by atoms with van der Waals surface area (Å²) in [5, 5.41) is 3.07. The van der Waals surface area contributed by atoms with Gasteiger partial charge in [-0.15, -0.1) is 0 Å². The highest BCUT2D eigenvalue weighted by molar-refractivity contribution is 7.90. The van der Waals surface area contributed by atoms with Gasteiger partial charge in [-0.1, -0.05) is 30.3 Å². The molecule has 0 spiro atoms. The van der Waals surface area contributed by atoms with E-state index in [4.69, 9.17) is 0 Å². The van der Waals surface area contributed by atoms with Gasteiger partial charge >= 0.3 is 0 Å². The van der Waals surface area contributed by atoms with E-state index in [1.165, 1.54) is 12.1 Å². The minimum absolute atomic E-state index is 0.0401. The lowest BCUT2D eigenvalue weighted by atomic mass is 10.1. The van der Waals surface area contributed by atoms with Crippen LogP contribution in [-0.4, -0.2) is 24.2 Å². The van der Waals surface area contributed by atoms with Crippen molar-refractivity contribution >= 4 is 15.7 Å². The number of benzene rings is 1. The van der Waals surface area contributed by atoms with E-state index in [1.807, 2.05) is 30.3 Å². The highest BCUT2D eigenvalue weighted by atomic mass is 32.2. The van der Waals surface area contributed by atoms with Gasteiger partial charge in [0.2, 0.25) is 0 Å². The summed E-state index contributed by atoms with van der Waals surface area (Å²) in [6.07, 6.45) is 4.47. The van der Waals surface area contributed by atoms with Crippen LogP contribution in [0.3, 0.4) is 0 Å². The molecule has 0 aliphatic carbocycles. The van der Waals surface area contributed by atoms with Crippen molar-refractivity contribution < 1.29 is 8.42 Å². The molecule has 0 fully saturated rings. The summed E-state index contributed by atoms with van der Waals surface area (Å²) in [7, 11) is -3.34. The summed E-state index contributed by atoms with van der Waals surface area (Å²) in [5.41, 5.74) is 1.96. The first-order valence-electron chi connectivity index (χ1n) is 8.06. The summed E-state index contributed by atoms with van der Waals surface area (Å²) in [6.45, 7) is 0.955. The fourth-order valence-corrected chi connectivity index (χ4v) is 3.36. The van der Waals surface area contributed by atoms with Gasteiger partial charge in [0.05, 0.1) is 6.54 Å². The topological polar surface area (TPSA) is 81.1 Å². The first-order valence-corrected chi connectivity index (χ1v) is 9.95. The molecule has 3 rings (SSSR count). The summed E-state index contributed by atoms with van der Waals surface area (Å²) in [6, 6.07) is 16.0. The van der Waals surface area contributed by atoms with E-state index in [-0.39, 0.29) is 10.5 Å². The van der Waals surface area contributed by atoms with E-state index < -0.39 is 9.84 Å². The molecule has 0 unspecified atom stereocenters. The molecule has 0 radical (unpaired) electrons. The van der Waals surface area contributed by atoms with Gasteiger partial charge < -0.3 is 9.88 Å². The van der Waals surface area contributed by atoms with E-state index in [2.05, 4.69) is 10.3 Å². The number of anilines is 1. The van der Waals surface area contributed by atoms with Crippen LogP contribution in [0.1, 0.15) is 11.1 Å². The van der Waals surface area contributed by atoms with Gasteiger partial charge in [0.1, 0.15) is 10.7 Å². The van der Waals surface area contributed by atoms with Crippen molar-refractivity contribution in [2.75, 3.05) is 11.6 Å². The first kappa shape index (κ1) is 17.9. The maximum Gasteiger partial charge on any atom is 0.250 e. The number of pyridine rings is 2. The number of rotatable bonds is 6. The first-order chi connectivity index (χ1) is 12.4. The highest BCUT2D eigenvalue weighted by Gasteiger charge is 2.13. The zero-order valence-electron chi connectivity index (χ0n) is 14.3. The van der Waals surface area contributed by atoms with Crippen LogP contribution < -0.4 is 10.9 Å². The minimum atomic E-state index is -3.34. The zero-order valence-corrected chi connectivity index (χ0v) is 15.1. The van der Waals surface area contributed by atoms with E-state index in [0.717, 1.165) is 17.4 Å². The average molecular weight is 369 g/mol. The monoisotopic (exact) mass is 369 g/mol. The summed E-state index contributed by atoms with van der Waals surface area (Å²) in [4.78, 5) is 16.1. The van der Waals surface area contributed by atoms with Gasteiger partial charge in [-0.25, -0.2) is 13.4 Å². The molecule has 0 saturated carbocycles. The van der Waals surface area contributed by atoms with Crippen molar-refractivity contribution in [3.8, 4) is 0 Å². The van der Waals surface area contributed by atoms with Crippen LogP contribution in [0.15, 0.2) is 76.7 Å². The fourth-order valence-electron chi connectivity index (χ4n) is 2.56. The van der Waals surface area contributed by atoms with Crippen LogP contribution >= 0.6 is 0 Å². The van der Waals surface area contributed by atoms with Crippen LogP contribution in [0, 0.1) is 0 Å². The van der Waals surface area contributed by atoms with Crippen LogP contribution in [0.2, 0.25) is 0 Å². The van der Waals surface area contributed by atoms with Crippen molar-refractivity contribution in [1.82, 2.24) is 9.55 Å². The van der Waals surface area contributed by atoms with E-state index >= 15 is 0 Å². The highest BCUT2D eigenvalue weighted by Crippen LogP contribution is 2.18. The van der Waals surface area contributed by atoms with Crippen LogP contribution in [0.5, 0.6) is 0 Å². The van der Waals surface area contributed by atoms with Gasteiger partial charge in [0.25, 0.3) is 5.56 Å². The summed E-state index contributed by atoms with van der Waals surface area (Å²) >= 11 is 0. The van der Waals surface area contributed by atoms with Gasteiger partial charge in [-0.3, -0.25) is 4.79 Å². The third-order valence-electron chi connectivity index (χ3n) is 3.91. The number of sulfone groups is 1. The van der Waals surface area contributed by atoms with Gasteiger partial charge in [-0.05, 0) is 29.3 Å². The Morgan fingerprint density at radius 1 is 1.00 bits per heavy atom. The molecule has 0 bridgehead atoms. The standard InChI is InChI=1S/C19H19N3O3S/c1-26(24,25)17-5-4-11-20-19(17)21-13-15-7-9-16(10-8-15)14-22-12-3-2-6-18(22)23/h2-12H,13-14H2,1H3,(H,20,21). The smallest absolute Gasteiger partial charge is 0.250 e. The molecule has 0 atom stereocenters. The van der Waals surface area contributed by atoms with Crippen LogP contribution in [0.4, 0.5) is 5.82 Å². The SMILES string of the molecule is CS(=O)(=O)c1cccnc1NCc1ccc(Cn2ccccc2=O)cc1. The average Bonchev–Trinajstić information content (AvgIpc) is 2.62. The Kier molecular flexibility index (Phi) is 5.18. The number of hydrogen-bond acceptors (Lipinski definition) is 5. The van der Waals surface area contributed by atoms with Crippen molar-refractivity contribution in [1.29, 1.82) is 0 Å². The Hall–Kier alpha value is -2.93. The summed E-state index contributed by atoms with van der Waals surface area (Å²) in [5.74, 6) is 0.343. The predicted octanol–water partition coefficient (Wildman–Crippen LogP) is 2.31. The normalized spacial score (nSPS) is 11.3. The van der Waals surface area contributed by atoms with Crippen molar-refractivity contribution in [3.63, 3.8) is 0 Å². The third kappa shape index (κ3) is 4.37. The van der Waals surface area contributed by atoms with Crippen LogP contribution in [-0.2, 0) is 22.9 Å². The minimum Gasteiger partial charge on any atom is -0.365 e. The number of nitrogens with zero attached hydrogens (tertiary/aromatic N) is 2. The maximum absolute atomic E-state index is 11.8. The largest absolute Gasteiger partial charge is 0.365 e. The molecule has 134 valence electrons. The van der Waals surface area contributed by atoms with Crippen LogP contribution in [0.25, 0.3) is 0 Å². The third-order valence-corrected chi connectivity index (χ3v) is 5.03. The van der Waals surface area contributed by atoms with Gasteiger partial charge in [-0.2, -0.15) is 0 Å². The Balaban J connectivity index is 1.69. The molecule has 2 aromatic heterocycles. The molecule has 0 aliphatic rings. The lowest BCUT2D eigenvalue weighted by molar-refractivity contribution is 0.601. The van der Waals surface area contributed by atoms with E-state index in [9.17, 15) is 13.2 Å². The molecule has 2 heterocycles. The molecule has 0 saturated heterocycles. The lowest BCUT2D eigenvalue weighted by Gasteiger charge is -2.10. The fraction of sp³-hybridized carbons (Fsp3) is 0.158.